The van der Waals surface area contributed by atoms with Gasteiger partial charge in [0.1, 0.15) is 5.54 Å². The molecule has 27 heavy (non-hydrogen) atoms. The Bertz CT molecular complexity index is 1110. The standard InChI is InChI=1S/C22H17N3O2/c1-22(19-12-6-10-15-7-4-5-11-18(15)19)20(26)25(21(27)24-22)14-17-9-3-2-8-16(17)13-23/h2-12H,14H2,1H3,(H,24,27)/t22-/m0/s1. The van der Waals surface area contributed by atoms with Crippen molar-refractivity contribution in [2.24, 2.45) is 0 Å². The second-order valence-corrected chi connectivity index (χ2v) is 6.74. The molecule has 0 bridgehead atoms. The minimum Gasteiger partial charge on any atom is -0.319 e. The fourth-order valence-electron chi connectivity index (χ4n) is 3.62. The molecule has 5 nitrogen and oxygen atoms in total. The van der Waals surface area contributed by atoms with E-state index in [0.717, 1.165) is 16.3 Å². The van der Waals surface area contributed by atoms with Gasteiger partial charge in [-0.15, -0.1) is 0 Å². The second kappa shape index (κ2) is 6.26. The molecule has 1 aliphatic heterocycles. The summed E-state index contributed by atoms with van der Waals surface area (Å²) in [5.41, 5.74) is 0.706. The lowest BCUT2D eigenvalue weighted by Crippen LogP contribution is -2.41. The molecule has 0 spiro atoms. The molecule has 132 valence electrons. The van der Waals surface area contributed by atoms with Gasteiger partial charge in [0, 0.05) is 0 Å². The Labute approximate surface area is 156 Å². The molecule has 0 saturated carbocycles. The summed E-state index contributed by atoms with van der Waals surface area (Å²) in [6.07, 6.45) is 0. The monoisotopic (exact) mass is 355 g/mol. The lowest BCUT2D eigenvalue weighted by molar-refractivity contribution is -0.131. The normalized spacial score (nSPS) is 19.2. The lowest BCUT2D eigenvalue weighted by Gasteiger charge is -2.24. The molecule has 3 aromatic rings. The van der Waals surface area contributed by atoms with Crippen molar-refractivity contribution in [3.63, 3.8) is 0 Å². The third-order valence-corrected chi connectivity index (χ3v) is 5.07. The maximum absolute atomic E-state index is 13.2. The summed E-state index contributed by atoms with van der Waals surface area (Å²) in [7, 11) is 0. The largest absolute Gasteiger partial charge is 0.325 e. The van der Waals surface area contributed by atoms with Crippen LogP contribution in [0.5, 0.6) is 0 Å². The highest BCUT2D eigenvalue weighted by Gasteiger charge is 2.49. The molecule has 0 aromatic heterocycles. The van der Waals surface area contributed by atoms with Crippen LogP contribution < -0.4 is 5.32 Å². The first-order valence-electron chi connectivity index (χ1n) is 8.65. The lowest BCUT2D eigenvalue weighted by atomic mass is 9.87. The van der Waals surface area contributed by atoms with Gasteiger partial charge in [0.2, 0.25) is 0 Å². The van der Waals surface area contributed by atoms with Crippen LogP contribution in [0, 0.1) is 11.3 Å². The minimum absolute atomic E-state index is 0.0642. The van der Waals surface area contributed by atoms with Gasteiger partial charge in [-0.2, -0.15) is 5.26 Å². The number of rotatable bonds is 3. The number of hydrogen-bond donors (Lipinski definition) is 1. The fraction of sp³-hybridized carbons (Fsp3) is 0.136. The molecular formula is C22H17N3O2. The van der Waals surface area contributed by atoms with Crippen LogP contribution in [0.1, 0.15) is 23.6 Å². The highest BCUT2D eigenvalue weighted by atomic mass is 16.2. The van der Waals surface area contributed by atoms with Crippen molar-refractivity contribution >= 4 is 22.7 Å². The average Bonchev–Trinajstić information content (AvgIpc) is 2.92. The van der Waals surface area contributed by atoms with E-state index < -0.39 is 11.6 Å². The molecule has 4 rings (SSSR count). The van der Waals surface area contributed by atoms with Crippen molar-refractivity contribution < 1.29 is 9.59 Å². The Kier molecular flexibility index (Phi) is 3.89. The van der Waals surface area contributed by atoms with Crippen molar-refractivity contribution in [2.45, 2.75) is 19.0 Å². The van der Waals surface area contributed by atoms with E-state index in [2.05, 4.69) is 11.4 Å². The second-order valence-electron chi connectivity index (χ2n) is 6.74. The van der Waals surface area contributed by atoms with Crippen molar-refractivity contribution in [2.75, 3.05) is 0 Å². The number of nitrogens with zero attached hydrogens (tertiary/aromatic N) is 2. The maximum Gasteiger partial charge on any atom is 0.325 e. The summed E-state index contributed by atoms with van der Waals surface area (Å²) in [5, 5.41) is 14.1. The molecule has 1 N–H and O–H groups in total. The number of urea groups is 1. The number of fused-ring (bicyclic) bond motifs is 1. The number of carbonyl (C=O) groups is 2. The highest BCUT2D eigenvalue weighted by molar-refractivity contribution is 6.09. The summed E-state index contributed by atoms with van der Waals surface area (Å²) >= 11 is 0. The number of amides is 3. The minimum atomic E-state index is -1.15. The first-order chi connectivity index (χ1) is 13.0. The summed E-state index contributed by atoms with van der Waals surface area (Å²) in [5.74, 6) is -0.323. The first kappa shape index (κ1) is 16.8. The predicted octanol–water partition coefficient (Wildman–Crippen LogP) is 3.68. The van der Waals surface area contributed by atoms with E-state index in [0.29, 0.717) is 11.1 Å². The quantitative estimate of drug-likeness (QED) is 0.729. The van der Waals surface area contributed by atoms with Gasteiger partial charge < -0.3 is 5.32 Å². The molecule has 3 amide bonds. The smallest absolute Gasteiger partial charge is 0.319 e. The van der Waals surface area contributed by atoms with Crippen molar-refractivity contribution in [1.82, 2.24) is 10.2 Å². The molecule has 1 fully saturated rings. The topological polar surface area (TPSA) is 73.2 Å². The number of hydrogen-bond acceptors (Lipinski definition) is 3. The van der Waals surface area contributed by atoms with Gasteiger partial charge in [-0.1, -0.05) is 60.7 Å². The van der Waals surface area contributed by atoms with E-state index in [1.807, 2.05) is 42.5 Å². The van der Waals surface area contributed by atoms with Gasteiger partial charge >= 0.3 is 6.03 Å². The Balaban J connectivity index is 1.75. The maximum atomic E-state index is 13.2. The van der Waals surface area contributed by atoms with Crippen molar-refractivity contribution in [1.29, 1.82) is 5.26 Å². The SMILES string of the molecule is C[C@@]1(c2cccc3ccccc23)NC(=O)N(Cc2ccccc2C#N)C1=O. The summed E-state index contributed by atoms with van der Waals surface area (Å²) in [6.45, 7) is 1.79. The zero-order chi connectivity index (χ0) is 19.0. The molecule has 1 saturated heterocycles. The number of nitrogens with one attached hydrogen (secondary N) is 1. The van der Waals surface area contributed by atoms with Gasteiger partial charge in [0.05, 0.1) is 18.2 Å². The zero-order valence-corrected chi connectivity index (χ0v) is 14.8. The summed E-state index contributed by atoms with van der Waals surface area (Å²) in [6, 6.07) is 22.1. The van der Waals surface area contributed by atoms with Crippen molar-refractivity contribution in [3.8, 4) is 6.07 Å². The van der Waals surface area contributed by atoms with Gasteiger partial charge in [0.25, 0.3) is 5.91 Å². The van der Waals surface area contributed by atoms with E-state index in [1.54, 1.807) is 31.2 Å². The van der Waals surface area contributed by atoms with Crippen LogP contribution in [0.15, 0.2) is 66.7 Å². The van der Waals surface area contributed by atoms with E-state index in [4.69, 9.17) is 0 Å². The van der Waals surface area contributed by atoms with Crippen molar-refractivity contribution in [3.05, 3.63) is 83.4 Å². The first-order valence-corrected chi connectivity index (χ1v) is 8.65. The molecule has 5 heteroatoms. The average molecular weight is 355 g/mol. The molecule has 3 aromatic carbocycles. The van der Waals surface area contributed by atoms with E-state index in [1.165, 1.54) is 4.90 Å². The van der Waals surface area contributed by atoms with Gasteiger partial charge in [0.15, 0.2) is 0 Å². The number of carbonyl (C=O) groups excluding carboxylic acids is 2. The molecule has 0 radical (unpaired) electrons. The van der Waals surface area contributed by atoms with E-state index in [9.17, 15) is 14.9 Å². The summed E-state index contributed by atoms with van der Waals surface area (Å²) < 4.78 is 0. The van der Waals surface area contributed by atoms with Crippen LogP contribution in [-0.4, -0.2) is 16.8 Å². The zero-order valence-electron chi connectivity index (χ0n) is 14.8. The van der Waals surface area contributed by atoms with Gasteiger partial charge in [-0.05, 0) is 34.9 Å². The van der Waals surface area contributed by atoms with Gasteiger partial charge in [-0.3, -0.25) is 9.69 Å². The summed E-state index contributed by atoms with van der Waals surface area (Å²) in [4.78, 5) is 27.0. The van der Waals surface area contributed by atoms with Crippen LogP contribution in [0.25, 0.3) is 10.8 Å². The predicted molar refractivity (Wildman–Crippen MR) is 102 cm³/mol. The molecular weight excluding hydrogens is 338 g/mol. The highest BCUT2D eigenvalue weighted by Crippen LogP contribution is 2.34. The molecule has 1 heterocycles. The Morgan fingerprint density at radius 1 is 1.00 bits per heavy atom. The number of benzene rings is 3. The third-order valence-electron chi connectivity index (χ3n) is 5.07. The molecule has 0 unspecified atom stereocenters. The molecule has 1 aliphatic rings. The Morgan fingerprint density at radius 3 is 2.52 bits per heavy atom. The molecule has 0 aliphatic carbocycles. The van der Waals surface area contributed by atoms with Crippen LogP contribution >= 0.6 is 0 Å². The number of nitriles is 1. The van der Waals surface area contributed by atoms with E-state index in [-0.39, 0.29) is 12.5 Å². The Morgan fingerprint density at radius 2 is 1.70 bits per heavy atom. The molecule has 1 atom stereocenters. The van der Waals surface area contributed by atoms with Crippen LogP contribution in [0.3, 0.4) is 0 Å². The van der Waals surface area contributed by atoms with E-state index >= 15 is 0 Å². The number of imide groups is 1. The van der Waals surface area contributed by atoms with Crippen LogP contribution in [0.4, 0.5) is 4.79 Å². The van der Waals surface area contributed by atoms with Gasteiger partial charge in [-0.25, -0.2) is 4.79 Å². The van der Waals surface area contributed by atoms with Crippen LogP contribution in [0.2, 0.25) is 0 Å². The Hall–Kier alpha value is -3.65. The fourth-order valence-corrected chi connectivity index (χ4v) is 3.62. The van der Waals surface area contributed by atoms with Crippen LogP contribution in [-0.2, 0) is 16.9 Å². The third kappa shape index (κ3) is 2.63.